The standard InChI is InChI=1S/C23H28FN3O2S/c1-16-4-2-8-26(16)13-18-5-3-9-27(18)23(28)21-7-6-19(11-22(21)24)29-14-17-10-20(12-25)30-15-17/h6-7,10-11,16-18H,2-5,8-9,13-15H2,1H3/t16-,17?,18+/m1/s1. The fourth-order valence-corrected chi connectivity index (χ4v) is 5.56. The zero-order chi connectivity index (χ0) is 21.1. The Kier molecular flexibility index (Phi) is 6.64. The van der Waals surface area contributed by atoms with E-state index in [2.05, 4.69) is 17.9 Å². The molecular formula is C23H28FN3O2S. The lowest BCUT2D eigenvalue weighted by atomic mass is 10.1. The molecule has 5 nitrogen and oxygen atoms in total. The lowest BCUT2D eigenvalue weighted by Gasteiger charge is -2.31. The zero-order valence-corrected chi connectivity index (χ0v) is 18.2. The van der Waals surface area contributed by atoms with E-state index in [1.54, 1.807) is 12.1 Å². The first kappa shape index (κ1) is 21.2. The maximum Gasteiger partial charge on any atom is 0.257 e. The number of hydrogen-bond donors (Lipinski definition) is 0. The van der Waals surface area contributed by atoms with Crippen molar-refractivity contribution in [2.45, 2.75) is 44.7 Å². The zero-order valence-electron chi connectivity index (χ0n) is 17.3. The Morgan fingerprint density at radius 1 is 1.33 bits per heavy atom. The van der Waals surface area contributed by atoms with Gasteiger partial charge in [0.15, 0.2) is 0 Å². The van der Waals surface area contributed by atoms with Crippen molar-refractivity contribution in [1.82, 2.24) is 9.80 Å². The van der Waals surface area contributed by atoms with Crippen LogP contribution in [0.1, 0.15) is 43.0 Å². The fourth-order valence-electron chi connectivity index (χ4n) is 4.62. The Balaban J connectivity index is 1.38. The second-order valence-corrected chi connectivity index (χ2v) is 9.51. The van der Waals surface area contributed by atoms with Crippen LogP contribution in [0.2, 0.25) is 0 Å². The van der Waals surface area contributed by atoms with Gasteiger partial charge in [-0.1, -0.05) is 6.08 Å². The van der Waals surface area contributed by atoms with Gasteiger partial charge in [-0.2, -0.15) is 5.26 Å². The molecule has 30 heavy (non-hydrogen) atoms. The average Bonchev–Trinajstić information content (AvgIpc) is 3.48. The summed E-state index contributed by atoms with van der Waals surface area (Å²) in [5.74, 6) is 0.603. The van der Waals surface area contributed by atoms with Gasteiger partial charge >= 0.3 is 0 Å². The van der Waals surface area contributed by atoms with E-state index in [-0.39, 0.29) is 23.4 Å². The summed E-state index contributed by atoms with van der Waals surface area (Å²) < 4.78 is 20.5. The fraction of sp³-hybridized carbons (Fsp3) is 0.565. The van der Waals surface area contributed by atoms with Gasteiger partial charge in [-0.15, -0.1) is 11.8 Å². The third-order valence-corrected chi connectivity index (χ3v) is 7.49. The van der Waals surface area contributed by atoms with Crippen LogP contribution in [-0.4, -0.2) is 59.8 Å². The third-order valence-electron chi connectivity index (χ3n) is 6.36. The molecule has 0 bridgehead atoms. The summed E-state index contributed by atoms with van der Waals surface area (Å²) in [5.41, 5.74) is 0.117. The van der Waals surface area contributed by atoms with Crippen LogP contribution in [-0.2, 0) is 0 Å². The summed E-state index contributed by atoms with van der Waals surface area (Å²) in [7, 11) is 0. The molecule has 3 aliphatic rings. The van der Waals surface area contributed by atoms with Crippen LogP contribution in [0.5, 0.6) is 5.75 Å². The normalized spacial score (nSPS) is 26.6. The second kappa shape index (κ2) is 9.40. The van der Waals surface area contributed by atoms with Crippen molar-refractivity contribution in [1.29, 1.82) is 5.26 Å². The van der Waals surface area contributed by atoms with Gasteiger partial charge < -0.3 is 9.64 Å². The van der Waals surface area contributed by atoms with Gasteiger partial charge in [0.1, 0.15) is 17.6 Å². The molecular weight excluding hydrogens is 401 g/mol. The van der Waals surface area contributed by atoms with Gasteiger partial charge in [0.25, 0.3) is 5.91 Å². The number of amides is 1. The molecule has 0 radical (unpaired) electrons. The predicted octanol–water partition coefficient (Wildman–Crippen LogP) is 4.06. The van der Waals surface area contributed by atoms with E-state index in [4.69, 9.17) is 10.00 Å². The highest BCUT2D eigenvalue weighted by Gasteiger charge is 2.34. The highest BCUT2D eigenvalue weighted by molar-refractivity contribution is 8.03. The number of nitriles is 1. The van der Waals surface area contributed by atoms with Crippen LogP contribution in [0, 0.1) is 23.1 Å². The molecule has 3 atom stereocenters. The maximum absolute atomic E-state index is 14.8. The Labute approximate surface area is 181 Å². The number of benzene rings is 1. The molecule has 3 heterocycles. The lowest BCUT2D eigenvalue weighted by Crippen LogP contribution is -2.44. The van der Waals surface area contributed by atoms with Crippen molar-refractivity contribution >= 4 is 17.7 Å². The number of carbonyl (C=O) groups is 1. The van der Waals surface area contributed by atoms with E-state index in [1.165, 1.54) is 30.7 Å². The molecule has 2 saturated heterocycles. The van der Waals surface area contributed by atoms with Crippen molar-refractivity contribution in [3.63, 3.8) is 0 Å². The molecule has 4 rings (SSSR count). The summed E-state index contributed by atoms with van der Waals surface area (Å²) >= 11 is 1.51. The number of ether oxygens (including phenoxy) is 1. The van der Waals surface area contributed by atoms with Crippen molar-refractivity contribution in [2.75, 3.05) is 32.0 Å². The Morgan fingerprint density at radius 3 is 2.87 bits per heavy atom. The largest absolute Gasteiger partial charge is 0.493 e. The van der Waals surface area contributed by atoms with E-state index in [0.717, 1.165) is 31.7 Å². The van der Waals surface area contributed by atoms with E-state index < -0.39 is 5.82 Å². The van der Waals surface area contributed by atoms with Crippen molar-refractivity contribution in [3.05, 3.63) is 40.6 Å². The molecule has 2 fully saturated rings. The van der Waals surface area contributed by atoms with Crippen LogP contribution >= 0.6 is 11.8 Å². The number of likely N-dealkylation sites (tertiary alicyclic amines) is 2. The summed E-state index contributed by atoms with van der Waals surface area (Å²) in [6.07, 6.45) is 6.27. The van der Waals surface area contributed by atoms with Crippen LogP contribution < -0.4 is 4.74 Å². The predicted molar refractivity (Wildman–Crippen MR) is 116 cm³/mol. The molecule has 1 unspecified atom stereocenters. The van der Waals surface area contributed by atoms with Crippen molar-refractivity contribution < 1.29 is 13.9 Å². The van der Waals surface area contributed by atoms with Crippen LogP contribution in [0.4, 0.5) is 4.39 Å². The first-order valence-electron chi connectivity index (χ1n) is 10.8. The van der Waals surface area contributed by atoms with E-state index in [9.17, 15) is 9.18 Å². The lowest BCUT2D eigenvalue weighted by molar-refractivity contribution is 0.0692. The Morgan fingerprint density at radius 2 is 2.17 bits per heavy atom. The number of carbonyl (C=O) groups excluding carboxylic acids is 1. The number of thioether (sulfide) groups is 1. The highest BCUT2D eigenvalue weighted by Crippen LogP contribution is 2.30. The van der Waals surface area contributed by atoms with E-state index >= 15 is 0 Å². The molecule has 1 amide bonds. The van der Waals surface area contributed by atoms with Gasteiger partial charge in [0.2, 0.25) is 0 Å². The third kappa shape index (κ3) is 4.65. The van der Waals surface area contributed by atoms with E-state index in [1.807, 2.05) is 11.0 Å². The van der Waals surface area contributed by atoms with Gasteiger partial charge in [0, 0.05) is 42.9 Å². The topological polar surface area (TPSA) is 56.6 Å². The Bertz CT molecular complexity index is 868. The van der Waals surface area contributed by atoms with Gasteiger partial charge in [0.05, 0.1) is 17.1 Å². The molecule has 1 aromatic rings. The molecule has 160 valence electrons. The molecule has 1 aromatic carbocycles. The molecule has 0 aromatic heterocycles. The monoisotopic (exact) mass is 429 g/mol. The smallest absolute Gasteiger partial charge is 0.257 e. The minimum absolute atomic E-state index is 0.117. The molecule has 7 heteroatoms. The SMILES string of the molecule is C[C@@H]1CCCN1C[C@@H]1CCCN1C(=O)c1ccc(OCC2C=C(C#N)SC2)cc1F. The first-order valence-corrected chi connectivity index (χ1v) is 11.8. The highest BCUT2D eigenvalue weighted by atomic mass is 32.2. The second-order valence-electron chi connectivity index (χ2n) is 8.45. The number of hydrogen-bond acceptors (Lipinski definition) is 5. The van der Waals surface area contributed by atoms with Gasteiger partial charge in [-0.25, -0.2) is 4.39 Å². The number of rotatable bonds is 6. The van der Waals surface area contributed by atoms with E-state index in [0.29, 0.717) is 29.8 Å². The summed E-state index contributed by atoms with van der Waals surface area (Å²) in [6.45, 7) is 5.30. The minimum Gasteiger partial charge on any atom is -0.493 e. The maximum atomic E-state index is 14.8. The summed E-state index contributed by atoms with van der Waals surface area (Å²) in [6, 6.07) is 7.38. The van der Waals surface area contributed by atoms with Gasteiger partial charge in [-0.05, 0) is 51.3 Å². The number of halogens is 1. The molecule has 0 spiro atoms. The summed E-state index contributed by atoms with van der Waals surface area (Å²) in [5, 5.41) is 8.92. The van der Waals surface area contributed by atoms with Crippen LogP contribution in [0.3, 0.4) is 0 Å². The molecule has 0 aliphatic carbocycles. The number of nitrogens with zero attached hydrogens (tertiary/aromatic N) is 3. The molecule has 0 N–H and O–H groups in total. The Hall–Kier alpha value is -2.04. The van der Waals surface area contributed by atoms with Crippen LogP contribution in [0.15, 0.2) is 29.2 Å². The average molecular weight is 430 g/mol. The molecule has 3 aliphatic heterocycles. The number of allylic oxidation sites excluding steroid dienone is 1. The van der Waals surface area contributed by atoms with Gasteiger partial charge in [-0.3, -0.25) is 9.69 Å². The van der Waals surface area contributed by atoms with Crippen molar-refractivity contribution in [3.8, 4) is 11.8 Å². The van der Waals surface area contributed by atoms with Crippen molar-refractivity contribution in [2.24, 2.45) is 5.92 Å². The molecule has 0 saturated carbocycles. The van der Waals surface area contributed by atoms with Crippen LogP contribution in [0.25, 0.3) is 0 Å². The quantitative estimate of drug-likeness (QED) is 0.683. The summed E-state index contributed by atoms with van der Waals surface area (Å²) in [4.78, 5) is 18.1. The minimum atomic E-state index is -0.535. The first-order chi connectivity index (χ1) is 14.5.